The van der Waals surface area contributed by atoms with Crippen LogP contribution < -0.4 is 11.1 Å². The lowest BCUT2D eigenvalue weighted by Crippen LogP contribution is -2.11. The predicted octanol–water partition coefficient (Wildman–Crippen LogP) is 3.73. The van der Waals surface area contributed by atoms with Gasteiger partial charge in [0.2, 0.25) is 5.91 Å². The molecule has 0 aliphatic carbocycles. The quantitative estimate of drug-likeness (QED) is 0.903. The Labute approximate surface area is 121 Å². The highest BCUT2D eigenvalue weighted by Gasteiger charge is 2.07. The number of primary amides is 1. The summed E-state index contributed by atoms with van der Waals surface area (Å²) in [6, 6.07) is 7.34. The Kier molecular flexibility index (Phi) is 4.12. The van der Waals surface area contributed by atoms with E-state index < -0.39 is 5.91 Å². The van der Waals surface area contributed by atoms with Gasteiger partial charge in [0.1, 0.15) is 0 Å². The van der Waals surface area contributed by atoms with E-state index in [1.165, 1.54) is 15.3 Å². The number of nitrogens with two attached hydrogens (primary N) is 1. The molecular formula is C14H15ClN2OS. The molecule has 100 valence electrons. The van der Waals surface area contributed by atoms with E-state index >= 15 is 0 Å². The number of amides is 1. The number of thiophene rings is 1. The summed E-state index contributed by atoms with van der Waals surface area (Å²) in [6.45, 7) is 4.94. The molecule has 0 fully saturated rings. The third-order valence-corrected chi connectivity index (χ3v) is 4.18. The summed E-state index contributed by atoms with van der Waals surface area (Å²) in [7, 11) is 0. The molecular weight excluding hydrogens is 280 g/mol. The van der Waals surface area contributed by atoms with E-state index in [-0.39, 0.29) is 0 Å². The predicted molar refractivity (Wildman–Crippen MR) is 81.1 cm³/mol. The molecule has 2 rings (SSSR count). The minimum absolute atomic E-state index is 0.342. The lowest BCUT2D eigenvalue weighted by atomic mass is 10.2. The molecule has 0 bridgehead atoms. The fourth-order valence-electron chi connectivity index (χ4n) is 1.88. The van der Waals surface area contributed by atoms with Crippen molar-refractivity contribution < 1.29 is 4.79 Å². The van der Waals surface area contributed by atoms with Crippen molar-refractivity contribution >= 4 is 34.5 Å². The minimum Gasteiger partial charge on any atom is -0.381 e. The molecule has 1 heterocycles. The second-order valence-electron chi connectivity index (χ2n) is 4.35. The maximum Gasteiger partial charge on any atom is 0.250 e. The summed E-state index contributed by atoms with van der Waals surface area (Å²) in [5.74, 6) is -0.513. The Balaban J connectivity index is 2.10. The van der Waals surface area contributed by atoms with E-state index in [4.69, 9.17) is 17.3 Å². The molecule has 3 N–H and O–H groups in total. The molecule has 0 unspecified atom stereocenters. The number of carbonyl (C=O) groups is 1. The molecule has 1 aromatic heterocycles. The van der Waals surface area contributed by atoms with Crippen molar-refractivity contribution in [2.24, 2.45) is 5.73 Å². The van der Waals surface area contributed by atoms with Gasteiger partial charge in [-0.15, -0.1) is 11.3 Å². The molecule has 19 heavy (non-hydrogen) atoms. The van der Waals surface area contributed by atoms with Crippen LogP contribution in [0.5, 0.6) is 0 Å². The first-order valence-corrected chi connectivity index (χ1v) is 7.06. The van der Waals surface area contributed by atoms with Crippen LogP contribution in [0.4, 0.5) is 5.69 Å². The molecule has 0 saturated heterocycles. The number of rotatable bonds is 4. The number of anilines is 1. The van der Waals surface area contributed by atoms with Crippen molar-refractivity contribution in [2.75, 3.05) is 5.32 Å². The zero-order valence-corrected chi connectivity index (χ0v) is 12.4. The Morgan fingerprint density at radius 1 is 1.37 bits per heavy atom. The van der Waals surface area contributed by atoms with Crippen LogP contribution in [0.25, 0.3) is 0 Å². The number of hydrogen-bond acceptors (Lipinski definition) is 3. The fraction of sp³-hybridized carbons (Fsp3) is 0.214. The van der Waals surface area contributed by atoms with Gasteiger partial charge in [-0.1, -0.05) is 11.6 Å². The van der Waals surface area contributed by atoms with Crippen molar-refractivity contribution in [3.8, 4) is 0 Å². The molecule has 1 aromatic carbocycles. The van der Waals surface area contributed by atoms with E-state index in [0.29, 0.717) is 10.6 Å². The summed E-state index contributed by atoms with van der Waals surface area (Å²) in [6.07, 6.45) is 0. The van der Waals surface area contributed by atoms with Gasteiger partial charge in [0, 0.05) is 22.0 Å². The van der Waals surface area contributed by atoms with Crippen LogP contribution in [0.3, 0.4) is 0 Å². The van der Waals surface area contributed by atoms with Crippen molar-refractivity contribution in [3.05, 3.63) is 50.2 Å². The Morgan fingerprint density at radius 3 is 2.63 bits per heavy atom. The normalized spacial score (nSPS) is 10.5. The molecule has 3 nitrogen and oxygen atoms in total. The third kappa shape index (κ3) is 3.28. The maximum absolute atomic E-state index is 11.1. The summed E-state index contributed by atoms with van der Waals surface area (Å²) >= 11 is 7.79. The largest absolute Gasteiger partial charge is 0.381 e. The Bertz CT molecular complexity index is 622. The summed E-state index contributed by atoms with van der Waals surface area (Å²) < 4.78 is 0. The number of halogens is 1. The van der Waals surface area contributed by atoms with E-state index in [9.17, 15) is 4.79 Å². The molecule has 0 aliphatic heterocycles. The van der Waals surface area contributed by atoms with Crippen LogP contribution >= 0.6 is 22.9 Å². The van der Waals surface area contributed by atoms with Crippen LogP contribution in [0.15, 0.2) is 24.3 Å². The van der Waals surface area contributed by atoms with Gasteiger partial charge in [-0.3, -0.25) is 4.79 Å². The monoisotopic (exact) mass is 294 g/mol. The van der Waals surface area contributed by atoms with Crippen LogP contribution in [-0.2, 0) is 6.54 Å². The third-order valence-electron chi connectivity index (χ3n) is 2.86. The van der Waals surface area contributed by atoms with Crippen LogP contribution in [0.2, 0.25) is 5.02 Å². The first-order chi connectivity index (χ1) is 8.97. The highest BCUT2D eigenvalue weighted by Crippen LogP contribution is 2.24. The van der Waals surface area contributed by atoms with Crippen LogP contribution in [0, 0.1) is 13.8 Å². The van der Waals surface area contributed by atoms with Gasteiger partial charge in [-0.05, 0) is 43.7 Å². The standard InChI is InChI=1S/C14H15ClN2OS/c1-8-5-10(9(2)19-8)7-17-11-3-4-12(14(16)18)13(15)6-11/h3-6,17H,7H2,1-2H3,(H2,16,18). The number of aryl methyl sites for hydroxylation is 2. The molecule has 5 heteroatoms. The average Bonchev–Trinajstić information content (AvgIpc) is 2.65. The number of benzene rings is 1. The van der Waals surface area contributed by atoms with E-state index in [1.54, 1.807) is 29.5 Å². The Morgan fingerprint density at radius 2 is 2.11 bits per heavy atom. The molecule has 0 saturated carbocycles. The highest BCUT2D eigenvalue weighted by atomic mass is 35.5. The zero-order valence-electron chi connectivity index (χ0n) is 10.8. The van der Waals surface area contributed by atoms with Crippen molar-refractivity contribution in [1.29, 1.82) is 0 Å². The minimum atomic E-state index is -0.513. The Hall–Kier alpha value is -1.52. The second kappa shape index (κ2) is 5.63. The number of hydrogen-bond donors (Lipinski definition) is 2. The van der Waals surface area contributed by atoms with Crippen molar-refractivity contribution in [1.82, 2.24) is 0 Å². The summed E-state index contributed by atoms with van der Waals surface area (Å²) in [5, 5.41) is 3.66. The zero-order chi connectivity index (χ0) is 14.0. The average molecular weight is 295 g/mol. The van der Waals surface area contributed by atoms with Gasteiger partial charge >= 0.3 is 0 Å². The van der Waals surface area contributed by atoms with E-state index in [2.05, 4.69) is 25.2 Å². The molecule has 0 atom stereocenters. The van der Waals surface area contributed by atoms with Gasteiger partial charge in [-0.25, -0.2) is 0 Å². The highest BCUT2D eigenvalue weighted by molar-refractivity contribution is 7.12. The summed E-state index contributed by atoms with van der Waals surface area (Å²) in [5.41, 5.74) is 7.70. The first-order valence-electron chi connectivity index (χ1n) is 5.86. The number of carbonyl (C=O) groups excluding carboxylic acids is 1. The van der Waals surface area contributed by atoms with Gasteiger partial charge in [-0.2, -0.15) is 0 Å². The van der Waals surface area contributed by atoms with E-state index in [1.807, 2.05) is 0 Å². The number of nitrogens with one attached hydrogen (secondary N) is 1. The van der Waals surface area contributed by atoms with Gasteiger partial charge < -0.3 is 11.1 Å². The van der Waals surface area contributed by atoms with Gasteiger partial charge in [0.15, 0.2) is 0 Å². The van der Waals surface area contributed by atoms with Crippen LogP contribution in [-0.4, -0.2) is 5.91 Å². The lowest BCUT2D eigenvalue weighted by Gasteiger charge is -2.08. The molecule has 2 aromatic rings. The molecule has 1 amide bonds. The van der Waals surface area contributed by atoms with E-state index in [0.717, 1.165) is 12.2 Å². The lowest BCUT2D eigenvalue weighted by molar-refractivity contribution is 0.100. The molecule has 0 spiro atoms. The maximum atomic E-state index is 11.1. The van der Waals surface area contributed by atoms with Gasteiger partial charge in [0.25, 0.3) is 0 Å². The van der Waals surface area contributed by atoms with Crippen LogP contribution in [0.1, 0.15) is 25.7 Å². The van der Waals surface area contributed by atoms with Crippen molar-refractivity contribution in [2.45, 2.75) is 20.4 Å². The first kappa shape index (κ1) is 13.9. The van der Waals surface area contributed by atoms with Crippen molar-refractivity contribution in [3.63, 3.8) is 0 Å². The molecule has 0 aliphatic rings. The molecule has 0 radical (unpaired) electrons. The van der Waals surface area contributed by atoms with Gasteiger partial charge in [0.05, 0.1) is 10.6 Å². The summed E-state index contributed by atoms with van der Waals surface area (Å²) in [4.78, 5) is 13.7. The SMILES string of the molecule is Cc1cc(CNc2ccc(C(N)=O)c(Cl)c2)c(C)s1. The fourth-order valence-corrected chi connectivity index (χ4v) is 3.10. The second-order valence-corrected chi connectivity index (χ2v) is 6.22. The topological polar surface area (TPSA) is 55.1 Å². The smallest absolute Gasteiger partial charge is 0.250 e.